The van der Waals surface area contributed by atoms with Gasteiger partial charge in [-0.3, -0.25) is 0 Å². The molecule has 2 heterocycles. The lowest BCUT2D eigenvalue weighted by Crippen LogP contribution is -2.21. The fourth-order valence-corrected chi connectivity index (χ4v) is 2.87. The Morgan fingerprint density at radius 2 is 2.17 bits per heavy atom. The van der Waals surface area contributed by atoms with Crippen LogP contribution in [0.15, 0.2) is 4.52 Å². The summed E-state index contributed by atoms with van der Waals surface area (Å²) in [5.74, 6) is 1.24. The lowest BCUT2D eigenvalue weighted by Gasteiger charge is -2.17. The van der Waals surface area contributed by atoms with E-state index in [1.54, 1.807) is 0 Å². The predicted octanol–water partition coefficient (Wildman–Crippen LogP) is 2.36. The van der Waals surface area contributed by atoms with E-state index in [1.165, 1.54) is 0 Å². The van der Waals surface area contributed by atoms with Crippen LogP contribution in [0.4, 0.5) is 0 Å². The number of nitriles is 1. The Morgan fingerprint density at radius 1 is 1.39 bits per heavy atom. The molecule has 3 rings (SSSR count). The average Bonchev–Trinajstić information content (AvgIpc) is 2.78. The Balaban J connectivity index is 1.86. The van der Waals surface area contributed by atoms with Gasteiger partial charge in [0.05, 0.1) is 17.9 Å². The van der Waals surface area contributed by atoms with E-state index in [2.05, 4.69) is 30.1 Å². The maximum atomic E-state index is 9.08. The molecule has 3 unspecified atom stereocenters. The van der Waals surface area contributed by atoms with Crippen LogP contribution >= 0.6 is 0 Å². The molecule has 0 amide bonds. The van der Waals surface area contributed by atoms with Crippen LogP contribution in [0.1, 0.15) is 51.2 Å². The van der Waals surface area contributed by atoms with Crippen LogP contribution in [-0.2, 0) is 10.3 Å². The molecule has 5 nitrogen and oxygen atoms in total. The average molecular weight is 247 g/mol. The Labute approximate surface area is 106 Å². The van der Waals surface area contributed by atoms with Gasteiger partial charge in [0.25, 0.3) is 0 Å². The van der Waals surface area contributed by atoms with Crippen LogP contribution in [-0.4, -0.2) is 16.7 Å². The zero-order valence-electron chi connectivity index (χ0n) is 10.9. The monoisotopic (exact) mass is 247 g/mol. The SMILES string of the molecule is CC1(c2noc(C3C(C#N)C3(C)C)n2)CCCO1. The molecule has 1 saturated carbocycles. The summed E-state index contributed by atoms with van der Waals surface area (Å²) in [5, 5.41) is 13.1. The van der Waals surface area contributed by atoms with Gasteiger partial charge in [-0.15, -0.1) is 0 Å². The molecule has 3 atom stereocenters. The molecule has 0 radical (unpaired) electrons. The summed E-state index contributed by atoms with van der Waals surface area (Å²) in [6.45, 7) is 6.86. The van der Waals surface area contributed by atoms with Crippen molar-refractivity contribution in [2.45, 2.75) is 45.1 Å². The maximum absolute atomic E-state index is 9.08. The maximum Gasteiger partial charge on any atom is 0.231 e. The van der Waals surface area contributed by atoms with Gasteiger partial charge in [-0.05, 0) is 25.2 Å². The van der Waals surface area contributed by atoms with E-state index in [1.807, 2.05) is 6.92 Å². The van der Waals surface area contributed by atoms with Crippen LogP contribution in [0, 0.1) is 22.7 Å². The highest BCUT2D eigenvalue weighted by molar-refractivity contribution is 5.26. The van der Waals surface area contributed by atoms with E-state index in [0.29, 0.717) is 11.7 Å². The van der Waals surface area contributed by atoms with E-state index in [9.17, 15) is 0 Å². The van der Waals surface area contributed by atoms with Crippen molar-refractivity contribution in [2.24, 2.45) is 11.3 Å². The standard InChI is InChI=1S/C13H17N3O2/c1-12(2)8(7-14)9(12)10-15-11(16-18-10)13(3)5-4-6-17-13/h8-9H,4-6H2,1-3H3. The molecule has 18 heavy (non-hydrogen) atoms. The van der Waals surface area contributed by atoms with Gasteiger partial charge in [0, 0.05) is 6.61 Å². The van der Waals surface area contributed by atoms with E-state index >= 15 is 0 Å². The number of aromatic nitrogens is 2. The minimum Gasteiger partial charge on any atom is -0.367 e. The van der Waals surface area contributed by atoms with Gasteiger partial charge in [-0.1, -0.05) is 19.0 Å². The van der Waals surface area contributed by atoms with Crippen molar-refractivity contribution in [3.05, 3.63) is 11.7 Å². The van der Waals surface area contributed by atoms with Crippen molar-refractivity contribution < 1.29 is 9.26 Å². The van der Waals surface area contributed by atoms with Crippen molar-refractivity contribution >= 4 is 0 Å². The van der Waals surface area contributed by atoms with Crippen molar-refractivity contribution in [3.8, 4) is 6.07 Å². The summed E-state index contributed by atoms with van der Waals surface area (Å²) >= 11 is 0. The third-order valence-electron chi connectivity index (χ3n) is 4.37. The quantitative estimate of drug-likeness (QED) is 0.802. The van der Waals surface area contributed by atoms with Crippen LogP contribution in [0.5, 0.6) is 0 Å². The molecule has 1 aliphatic carbocycles. The van der Waals surface area contributed by atoms with Gasteiger partial charge in [-0.2, -0.15) is 10.2 Å². The lowest BCUT2D eigenvalue weighted by atomic mass is 10.0. The number of nitrogens with zero attached hydrogens (tertiary/aromatic N) is 3. The first-order chi connectivity index (χ1) is 8.49. The Kier molecular flexibility index (Phi) is 2.30. The van der Waals surface area contributed by atoms with E-state index < -0.39 is 5.60 Å². The highest BCUT2D eigenvalue weighted by Crippen LogP contribution is 2.63. The summed E-state index contributed by atoms with van der Waals surface area (Å²) in [7, 11) is 0. The molecule has 2 fully saturated rings. The minimum atomic E-state index is -0.414. The summed E-state index contributed by atoms with van der Waals surface area (Å²) < 4.78 is 11.0. The molecular formula is C13H17N3O2. The molecule has 0 spiro atoms. The highest BCUT2D eigenvalue weighted by Gasteiger charge is 2.62. The molecular weight excluding hydrogens is 230 g/mol. The summed E-state index contributed by atoms with van der Waals surface area (Å²) in [4.78, 5) is 4.47. The molecule has 5 heteroatoms. The largest absolute Gasteiger partial charge is 0.367 e. The molecule has 1 aromatic rings. The highest BCUT2D eigenvalue weighted by atomic mass is 16.5. The lowest BCUT2D eigenvalue weighted by molar-refractivity contribution is 0.00768. The molecule has 1 saturated heterocycles. The summed E-state index contributed by atoms with van der Waals surface area (Å²) in [6.07, 6.45) is 1.94. The Bertz CT molecular complexity index is 509. The number of hydrogen-bond acceptors (Lipinski definition) is 5. The van der Waals surface area contributed by atoms with Gasteiger partial charge in [0.2, 0.25) is 11.7 Å². The molecule has 96 valence electrons. The van der Waals surface area contributed by atoms with Crippen LogP contribution in [0.2, 0.25) is 0 Å². The third-order valence-corrected chi connectivity index (χ3v) is 4.37. The molecule has 1 aliphatic heterocycles. The number of hydrogen-bond donors (Lipinski definition) is 0. The molecule has 2 aliphatic rings. The third kappa shape index (κ3) is 1.49. The van der Waals surface area contributed by atoms with Crippen molar-refractivity contribution in [1.82, 2.24) is 10.1 Å². The molecule has 1 aromatic heterocycles. The zero-order chi connectivity index (χ0) is 13.0. The van der Waals surface area contributed by atoms with Crippen LogP contribution in [0.3, 0.4) is 0 Å². The molecule has 0 bridgehead atoms. The van der Waals surface area contributed by atoms with E-state index in [4.69, 9.17) is 14.5 Å². The number of rotatable bonds is 2. The predicted molar refractivity (Wildman–Crippen MR) is 62.5 cm³/mol. The Morgan fingerprint density at radius 3 is 2.72 bits per heavy atom. The topological polar surface area (TPSA) is 71.9 Å². The second-order valence-corrected chi connectivity index (χ2v) is 6.04. The zero-order valence-corrected chi connectivity index (χ0v) is 10.9. The van der Waals surface area contributed by atoms with Crippen LogP contribution < -0.4 is 0 Å². The van der Waals surface area contributed by atoms with Crippen molar-refractivity contribution in [3.63, 3.8) is 0 Å². The van der Waals surface area contributed by atoms with E-state index in [0.717, 1.165) is 19.4 Å². The normalized spacial score (nSPS) is 37.4. The van der Waals surface area contributed by atoms with Crippen molar-refractivity contribution in [2.75, 3.05) is 6.61 Å². The van der Waals surface area contributed by atoms with Gasteiger partial charge in [0.1, 0.15) is 5.60 Å². The second kappa shape index (κ2) is 3.55. The first kappa shape index (κ1) is 11.7. The first-order valence-corrected chi connectivity index (χ1v) is 6.37. The van der Waals surface area contributed by atoms with Gasteiger partial charge in [-0.25, -0.2) is 0 Å². The fraction of sp³-hybridized carbons (Fsp3) is 0.769. The molecule has 0 aromatic carbocycles. The van der Waals surface area contributed by atoms with E-state index in [-0.39, 0.29) is 17.3 Å². The summed E-state index contributed by atoms with van der Waals surface area (Å²) in [6, 6.07) is 2.31. The minimum absolute atomic E-state index is 0.0249. The smallest absolute Gasteiger partial charge is 0.231 e. The first-order valence-electron chi connectivity index (χ1n) is 6.37. The van der Waals surface area contributed by atoms with Gasteiger partial charge < -0.3 is 9.26 Å². The fourth-order valence-electron chi connectivity index (χ4n) is 2.87. The molecule has 0 N–H and O–H groups in total. The van der Waals surface area contributed by atoms with Crippen molar-refractivity contribution in [1.29, 1.82) is 5.26 Å². The second-order valence-electron chi connectivity index (χ2n) is 6.04. The van der Waals surface area contributed by atoms with Gasteiger partial charge >= 0.3 is 0 Å². The summed E-state index contributed by atoms with van der Waals surface area (Å²) in [5.41, 5.74) is -0.473. The van der Waals surface area contributed by atoms with Crippen LogP contribution in [0.25, 0.3) is 0 Å². The Hall–Kier alpha value is -1.41. The number of ether oxygens (including phenoxy) is 1. The van der Waals surface area contributed by atoms with Gasteiger partial charge in [0.15, 0.2) is 0 Å².